The summed E-state index contributed by atoms with van der Waals surface area (Å²) in [5.74, 6) is -0.169. The van der Waals surface area contributed by atoms with Gasteiger partial charge in [-0.3, -0.25) is 9.59 Å². The SMILES string of the molecule is CCCCCCCC/C=C\CCCCCCCCCC(=O)OCCCCCC/C=C\CCCC(=O)NC(CO)C(O)/C=C/CCCCCCCCCCCCCCCCCC. The zero-order chi connectivity index (χ0) is 44.4. The van der Waals surface area contributed by atoms with Crippen molar-refractivity contribution in [2.45, 2.75) is 289 Å². The molecule has 1 amide bonds. The highest BCUT2D eigenvalue weighted by molar-refractivity contribution is 5.76. The van der Waals surface area contributed by atoms with Crippen molar-refractivity contribution in [3.8, 4) is 0 Å². The maximum atomic E-state index is 12.4. The van der Waals surface area contributed by atoms with Crippen molar-refractivity contribution >= 4 is 11.9 Å². The summed E-state index contributed by atoms with van der Waals surface area (Å²) in [7, 11) is 0. The fraction of sp³-hybridized carbons (Fsp3) is 0.855. The first-order valence-electron chi connectivity index (χ1n) is 26.8. The first kappa shape index (κ1) is 59.1. The number of aliphatic hydroxyl groups excluding tert-OH is 2. The molecule has 0 bridgehead atoms. The van der Waals surface area contributed by atoms with Crippen LogP contribution in [0.2, 0.25) is 0 Å². The molecule has 2 atom stereocenters. The largest absolute Gasteiger partial charge is 0.466 e. The van der Waals surface area contributed by atoms with Gasteiger partial charge in [0.1, 0.15) is 0 Å². The van der Waals surface area contributed by atoms with E-state index in [4.69, 9.17) is 4.74 Å². The average Bonchev–Trinajstić information content (AvgIpc) is 3.26. The summed E-state index contributed by atoms with van der Waals surface area (Å²) in [5, 5.41) is 23.0. The summed E-state index contributed by atoms with van der Waals surface area (Å²) < 4.78 is 5.44. The van der Waals surface area contributed by atoms with E-state index in [2.05, 4.69) is 43.5 Å². The van der Waals surface area contributed by atoms with Crippen LogP contribution in [0.1, 0.15) is 277 Å². The van der Waals surface area contributed by atoms with Crippen molar-refractivity contribution in [1.82, 2.24) is 5.32 Å². The van der Waals surface area contributed by atoms with Crippen LogP contribution in [0.5, 0.6) is 0 Å². The highest BCUT2D eigenvalue weighted by atomic mass is 16.5. The molecule has 0 spiro atoms. The number of hydrogen-bond donors (Lipinski definition) is 3. The summed E-state index contributed by atoms with van der Waals surface area (Å²) in [6.45, 7) is 4.81. The van der Waals surface area contributed by atoms with Crippen molar-refractivity contribution in [2.75, 3.05) is 13.2 Å². The number of carbonyl (C=O) groups is 2. The van der Waals surface area contributed by atoms with E-state index in [1.54, 1.807) is 6.08 Å². The van der Waals surface area contributed by atoms with E-state index in [0.29, 0.717) is 19.4 Å². The van der Waals surface area contributed by atoms with Crippen LogP contribution in [0, 0.1) is 0 Å². The van der Waals surface area contributed by atoms with Gasteiger partial charge in [-0.15, -0.1) is 0 Å². The van der Waals surface area contributed by atoms with Gasteiger partial charge < -0.3 is 20.3 Å². The Labute approximate surface area is 379 Å². The zero-order valence-corrected chi connectivity index (χ0v) is 40.6. The van der Waals surface area contributed by atoms with Crippen LogP contribution in [0.3, 0.4) is 0 Å². The van der Waals surface area contributed by atoms with E-state index in [9.17, 15) is 19.8 Å². The predicted molar refractivity (Wildman–Crippen MR) is 264 cm³/mol. The molecule has 0 aromatic rings. The van der Waals surface area contributed by atoms with Crippen molar-refractivity contribution in [1.29, 1.82) is 0 Å². The molecule has 0 aromatic heterocycles. The third-order valence-corrected chi connectivity index (χ3v) is 12.1. The number of aliphatic hydroxyl groups is 2. The normalized spacial score (nSPS) is 12.9. The second-order valence-corrected chi connectivity index (χ2v) is 18.2. The number of ether oxygens (including phenoxy) is 1. The predicted octanol–water partition coefficient (Wildman–Crippen LogP) is 16.1. The second-order valence-electron chi connectivity index (χ2n) is 18.2. The fourth-order valence-corrected chi connectivity index (χ4v) is 7.98. The minimum atomic E-state index is -0.876. The Morgan fingerprint density at radius 1 is 0.443 bits per heavy atom. The summed E-state index contributed by atoms with van der Waals surface area (Å²) in [4.78, 5) is 24.5. The Hall–Kier alpha value is -1.92. The molecule has 0 aliphatic heterocycles. The molecule has 0 aromatic carbocycles. The molecule has 0 fully saturated rings. The van der Waals surface area contributed by atoms with Crippen LogP contribution in [-0.4, -0.2) is 47.4 Å². The summed E-state index contributed by atoms with van der Waals surface area (Å²) in [6, 6.07) is -0.666. The topological polar surface area (TPSA) is 95.9 Å². The van der Waals surface area contributed by atoms with Crippen LogP contribution in [0.4, 0.5) is 0 Å². The standard InChI is InChI=1S/C55H103NO5/c1-3-5-7-9-11-13-15-17-19-21-23-24-26-28-31-35-39-43-47-53(58)52(51-57)56-54(59)48-44-40-36-32-30-34-38-42-46-50-61-55(60)49-45-41-37-33-29-27-25-22-20-18-16-14-12-10-8-6-4-2/h18,20,32,36,43,47,52-53,57-58H,3-17,19,21-31,33-35,37-42,44-46,48-51H2,1-2H3,(H,56,59)/b20-18-,36-32-,47-43+. The van der Waals surface area contributed by atoms with Gasteiger partial charge in [-0.25, -0.2) is 0 Å². The molecule has 6 heteroatoms. The lowest BCUT2D eigenvalue weighted by Crippen LogP contribution is -2.45. The molecule has 0 saturated heterocycles. The maximum Gasteiger partial charge on any atom is 0.305 e. The van der Waals surface area contributed by atoms with E-state index < -0.39 is 12.1 Å². The lowest BCUT2D eigenvalue weighted by Gasteiger charge is -2.19. The van der Waals surface area contributed by atoms with Crippen molar-refractivity contribution in [3.63, 3.8) is 0 Å². The summed E-state index contributed by atoms with van der Waals surface area (Å²) in [6.07, 6.45) is 61.6. The molecule has 61 heavy (non-hydrogen) atoms. The van der Waals surface area contributed by atoms with Gasteiger partial charge in [-0.05, 0) is 77.0 Å². The first-order valence-corrected chi connectivity index (χ1v) is 26.8. The van der Waals surface area contributed by atoms with Gasteiger partial charge in [0.15, 0.2) is 0 Å². The van der Waals surface area contributed by atoms with Gasteiger partial charge in [0.05, 0.1) is 25.4 Å². The molecule has 0 rings (SSSR count). The molecule has 0 saturated carbocycles. The highest BCUT2D eigenvalue weighted by Gasteiger charge is 2.17. The third-order valence-electron chi connectivity index (χ3n) is 12.1. The minimum Gasteiger partial charge on any atom is -0.466 e. The van der Waals surface area contributed by atoms with E-state index in [-0.39, 0.29) is 18.5 Å². The zero-order valence-electron chi connectivity index (χ0n) is 40.6. The number of rotatable bonds is 49. The monoisotopic (exact) mass is 858 g/mol. The van der Waals surface area contributed by atoms with Gasteiger partial charge >= 0.3 is 5.97 Å². The number of nitrogens with one attached hydrogen (secondary N) is 1. The lowest BCUT2D eigenvalue weighted by molar-refractivity contribution is -0.143. The molecule has 0 heterocycles. The Morgan fingerprint density at radius 2 is 0.787 bits per heavy atom. The summed E-state index contributed by atoms with van der Waals surface area (Å²) in [5.41, 5.74) is 0. The van der Waals surface area contributed by atoms with Crippen LogP contribution >= 0.6 is 0 Å². The number of allylic oxidation sites excluding steroid dienone is 5. The van der Waals surface area contributed by atoms with Crippen LogP contribution in [0.25, 0.3) is 0 Å². The summed E-state index contributed by atoms with van der Waals surface area (Å²) >= 11 is 0. The smallest absolute Gasteiger partial charge is 0.305 e. The fourth-order valence-electron chi connectivity index (χ4n) is 7.98. The molecule has 0 aliphatic rings. The van der Waals surface area contributed by atoms with Gasteiger partial charge in [0, 0.05) is 12.8 Å². The minimum absolute atomic E-state index is 0.0415. The van der Waals surface area contributed by atoms with Crippen LogP contribution in [-0.2, 0) is 14.3 Å². The van der Waals surface area contributed by atoms with Gasteiger partial charge in [0.2, 0.25) is 5.91 Å². The molecule has 0 aliphatic carbocycles. The number of esters is 1. The van der Waals surface area contributed by atoms with E-state index >= 15 is 0 Å². The first-order chi connectivity index (χ1) is 30.0. The third kappa shape index (κ3) is 47.4. The molecule has 3 N–H and O–H groups in total. The van der Waals surface area contributed by atoms with Crippen molar-refractivity contribution < 1.29 is 24.5 Å². The van der Waals surface area contributed by atoms with E-state index in [1.165, 1.54) is 180 Å². The molecule has 6 nitrogen and oxygen atoms in total. The van der Waals surface area contributed by atoms with E-state index in [1.807, 2.05) is 6.08 Å². The van der Waals surface area contributed by atoms with E-state index in [0.717, 1.165) is 70.6 Å². The van der Waals surface area contributed by atoms with Crippen LogP contribution < -0.4 is 5.32 Å². The average molecular weight is 858 g/mol. The molecule has 2 unspecified atom stereocenters. The molecule has 0 radical (unpaired) electrons. The molecular weight excluding hydrogens is 755 g/mol. The Kier molecular flexibility index (Phi) is 49.1. The van der Waals surface area contributed by atoms with Crippen LogP contribution in [0.15, 0.2) is 36.5 Å². The van der Waals surface area contributed by atoms with Gasteiger partial charge in [-0.1, -0.05) is 224 Å². The number of carbonyl (C=O) groups excluding carboxylic acids is 2. The Morgan fingerprint density at radius 3 is 1.20 bits per heavy atom. The molecular formula is C55H103NO5. The highest BCUT2D eigenvalue weighted by Crippen LogP contribution is 2.15. The molecule has 358 valence electrons. The lowest BCUT2D eigenvalue weighted by atomic mass is 10.0. The van der Waals surface area contributed by atoms with Gasteiger partial charge in [0.25, 0.3) is 0 Å². The Bertz CT molecular complexity index is 993. The Balaban J connectivity index is 3.57. The maximum absolute atomic E-state index is 12.4. The number of amides is 1. The van der Waals surface area contributed by atoms with Crippen molar-refractivity contribution in [2.24, 2.45) is 0 Å². The quantitative estimate of drug-likeness (QED) is 0.0322. The van der Waals surface area contributed by atoms with Gasteiger partial charge in [-0.2, -0.15) is 0 Å². The number of hydrogen-bond acceptors (Lipinski definition) is 5. The number of unbranched alkanes of at least 4 members (excludes halogenated alkanes) is 34. The van der Waals surface area contributed by atoms with Crippen molar-refractivity contribution in [3.05, 3.63) is 36.5 Å². The second kappa shape index (κ2) is 50.7.